The van der Waals surface area contributed by atoms with E-state index in [4.69, 9.17) is 0 Å². The van der Waals surface area contributed by atoms with E-state index in [1.165, 1.54) is 117 Å². The van der Waals surface area contributed by atoms with Crippen molar-refractivity contribution in [3.63, 3.8) is 0 Å². The zero-order chi connectivity index (χ0) is 49.6. The first-order valence-corrected chi connectivity index (χ1v) is 26.5. The van der Waals surface area contributed by atoms with E-state index >= 15 is 0 Å². The second-order valence-corrected chi connectivity index (χ2v) is 20.4. The normalized spacial score (nSPS) is 13.9. The zero-order valence-electron chi connectivity index (χ0n) is 43.7. The molecular weight excluding hydrogens is 865 g/mol. The Balaban J connectivity index is 0.000000231. The third-order valence-corrected chi connectivity index (χ3v) is 15.3. The van der Waals surface area contributed by atoms with Crippen LogP contribution < -0.4 is 0 Å². The van der Waals surface area contributed by atoms with Crippen molar-refractivity contribution >= 4 is 0 Å². The smallest absolute Gasteiger partial charge is 0.0159 e. The van der Waals surface area contributed by atoms with Gasteiger partial charge in [0.1, 0.15) is 0 Å². The van der Waals surface area contributed by atoms with Crippen LogP contribution in [0.3, 0.4) is 0 Å². The molecule has 0 amide bonds. The number of rotatable bonds is 10. The molecule has 2 aliphatic carbocycles. The van der Waals surface area contributed by atoms with Gasteiger partial charge in [0.2, 0.25) is 0 Å². The second-order valence-electron chi connectivity index (χ2n) is 20.4. The molecule has 11 rings (SSSR count). The number of aryl methyl sites for hydroxylation is 3. The molecule has 2 aliphatic rings. The lowest BCUT2D eigenvalue weighted by molar-refractivity contribution is 0.653. The van der Waals surface area contributed by atoms with E-state index in [0.29, 0.717) is 11.8 Å². The second kappa shape index (κ2) is 22.6. The predicted molar refractivity (Wildman–Crippen MR) is 314 cm³/mol. The standard InChI is InChI=1S/C47H46.C22H20.C2H6.CH4/c1-6-13-35-23-24-37(29-44(35)40-18-12-11-15-32(40)3)34-19-21-36(22-20-34)41(14-7-2)39-26-28-43-42-27-25-38(33-16-9-8-10-17-33)30-45(42)47(4,5)46(43)31-39;1-15-7-9-17(10-8-15)18-11-12-20-16(2)13-19-5-3-4-6-21(19)22(20)14-18;1-2;/h8-12,15-31,41H,6-7,13-14H2,1-5H3;3-12,14,16H,13H2,1-2H3;1-2H3;1H4. The topological polar surface area (TPSA) is 0 Å². The van der Waals surface area contributed by atoms with Crippen molar-refractivity contribution in [3.8, 4) is 66.8 Å². The summed E-state index contributed by atoms with van der Waals surface area (Å²) < 4.78 is 0. The lowest BCUT2D eigenvalue weighted by atomic mass is 9.78. The van der Waals surface area contributed by atoms with Gasteiger partial charge >= 0.3 is 0 Å². The molecule has 0 nitrogen and oxygen atoms in total. The van der Waals surface area contributed by atoms with Crippen LogP contribution in [0.15, 0.2) is 200 Å². The van der Waals surface area contributed by atoms with Crippen molar-refractivity contribution in [3.05, 3.63) is 250 Å². The Morgan fingerprint density at radius 3 is 1.67 bits per heavy atom. The van der Waals surface area contributed by atoms with Crippen LogP contribution in [0.2, 0.25) is 0 Å². The number of hydrogen-bond acceptors (Lipinski definition) is 0. The minimum atomic E-state index is -0.0508. The molecule has 0 fully saturated rings. The summed E-state index contributed by atoms with van der Waals surface area (Å²) in [5.41, 5.74) is 28.7. The van der Waals surface area contributed by atoms with Gasteiger partial charge in [-0.1, -0.05) is 256 Å². The summed E-state index contributed by atoms with van der Waals surface area (Å²) in [7, 11) is 0. The molecule has 9 aromatic carbocycles. The summed E-state index contributed by atoms with van der Waals surface area (Å²) >= 11 is 0. The molecular formula is C72H76. The maximum absolute atomic E-state index is 2.52. The Kier molecular flexibility index (Phi) is 16.1. The number of hydrogen-bond donors (Lipinski definition) is 0. The molecule has 364 valence electrons. The highest BCUT2D eigenvalue weighted by molar-refractivity contribution is 5.84. The van der Waals surface area contributed by atoms with E-state index in [1.807, 2.05) is 13.8 Å². The molecule has 2 atom stereocenters. The van der Waals surface area contributed by atoms with Crippen molar-refractivity contribution in [1.82, 2.24) is 0 Å². The third kappa shape index (κ3) is 10.3. The molecule has 9 aromatic rings. The van der Waals surface area contributed by atoms with E-state index in [2.05, 4.69) is 249 Å². The fourth-order valence-corrected chi connectivity index (χ4v) is 11.4. The fraction of sp³-hybridized carbons (Fsp3) is 0.250. The lowest BCUT2D eigenvalue weighted by Gasteiger charge is -2.26. The largest absolute Gasteiger partial charge is 0.0776 e. The van der Waals surface area contributed by atoms with Crippen molar-refractivity contribution in [2.75, 3.05) is 0 Å². The molecule has 0 N–H and O–H groups in total. The van der Waals surface area contributed by atoms with Crippen LogP contribution in [0.1, 0.15) is 137 Å². The van der Waals surface area contributed by atoms with Crippen LogP contribution in [-0.4, -0.2) is 0 Å². The predicted octanol–water partition coefficient (Wildman–Crippen LogP) is 20.8. The zero-order valence-corrected chi connectivity index (χ0v) is 43.7. The molecule has 0 heteroatoms. The Morgan fingerprint density at radius 2 is 0.986 bits per heavy atom. The van der Waals surface area contributed by atoms with Crippen LogP contribution in [0.25, 0.3) is 66.8 Å². The van der Waals surface area contributed by atoms with Crippen LogP contribution in [-0.2, 0) is 18.3 Å². The Bertz CT molecular complexity index is 3250. The lowest BCUT2D eigenvalue weighted by Crippen LogP contribution is -2.16. The van der Waals surface area contributed by atoms with Gasteiger partial charge in [-0.2, -0.15) is 0 Å². The quantitative estimate of drug-likeness (QED) is 0.128. The summed E-state index contributed by atoms with van der Waals surface area (Å²) in [6.07, 6.45) is 5.66. The Morgan fingerprint density at radius 1 is 0.458 bits per heavy atom. The SMILES string of the molecule is C.CC.CCCc1ccc(-c2ccc(C(CCC)c3ccc4c(c3)C(C)(C)c3cc(-c5ccccc5)ccc3-4)cc2)cc1-c1ccccc1C.Cc1ccc(-c2ccc3c(c2)-c2ccccc2CC3C)cc1. The van der Waals surface area contributed by atoms with Gasteiger partial charge in [0, 0.05) is 11.3 Å². The van der Waals surface area contributed by atoms with Gasteiger partial charge in [-0.3, -0.25) is 0 Å². The van der Waals surface area contributed by atoms with Gasteiger partial charge in [-0.25, -0.2) is 0 Å². The fourth-order valence-electron chi connectivity index (χ4n) is 11.4. The molecule has 2 unspecified atom stereocenters. The first kappa shape index (κ1) is 51.3. The van der Waals surface area contributed by atoms with Gasteiger partial charge < -0.3 is 0 Å². The number of fused-ring (bicyclic) bond motifs is 6. The third-order valence-electron chi connectivity index (χ3n) is 15.3. The Labute approximate surface area is 433 Å². The highest BCUT2D eigenvalue weighted by Gasteiger charge is 2.36. The highest BCUT2D eigenvalue weighted by Crippen LogP contribution is 2.51. The van der Waals surface area contributed by atoms with E-state index in [9.17, 15) is 0 Å². The maximum Gasteiger partial charge on any atom is 0.0159 e. The van der Waals surface area contributed by atoms with Crippen LogP contribution in [0.5, 0.6) is 0 Å². The van der Waals surface area contributed by atoms with E-state index in [0.717, 1.165) is 32.1 Å². The monoisotopic (exact) mass is 941 g/mol. The van der Waals surface area contributed by atoms with E-state index < -0.39 is 0 Å². The first-order valence-electron chi connectivity index (χ1n) is 26.5. The van der Waals surface area contributed by atoms with Crippen molar-refractivity contribution in [2.24, 2.45) is 0 Å². The molecule has 0 bridgehead atoms. The minimum absolute atomic E-state index is 0. The number of benzene rings is 9. The molecule has 0 spiro atoms. The molecule has 0 aromatic heterocycles. The molecule has 0 heterocycles. The van der Waals surface area contributed by atoms with Gasteiger partial charge in [-0.15, -0.1) is 0 Å². The van der Waals surface area contributed by atoms with Crippen LogP contribution in [0.4, 0.5) is 0 Å². The summed E-state index contributed by atoms with van der Waals surface area (Å²) in [5.74, 6) is 0.963. The van der Waals surface area contributed by atoms with Crippen molar-refractivity contribution in [2.45, 2.75) is 119 Å². The Hall–Kier alpha value is -7.02. The highest BCUT2D eigenvalue weighted by atomic mass is 14.4. The summed E-state index contributed by atoms with van der Waals surface area (Å²) in [5, 5.41) is 0. The van der Waals surface area contributed by atoms with E-state index in [1.54, 1.807) is 0 Å². The van der Waals surface area contributed by atoms with E-state index in [-0.39, 0.29) is 12.8 Å². The van der Waals surface area contributed by atoms with Gasteiger partial charge in [0.15, 0.2) is 0 Å². The maximum atomic E-state index is 2.52. The molecule has 0 saturated carbocycles. The van der Waals surface area contributed by atoms with Gasteiger partial charge in [0.05, 0.1) is 0 Å². The summed E-state index contributed by atoms with van der Waals surface area (Å²) in [6, 6.07) is 75.0. The average molecular weight is 941 g/mol. The van der Waals surface area contributed by atoms with Crippen molar-refractivity contribution in [1.29, 1.82) is 0 Å². The van der Waals surface area contributed by atoms with Gasteiger partial charge in [0.25, 0.3) is 0 Å². The minimum Gasteiger partial charge on any atom is -0.0776 e. The molecule has 72 heavy (non-hydrogen) atoms. The average Bonchev–Trinajstić information content (AvgIpc) is 3.64. The van der Waals surface area contributed by atoms with Crippen LogP contribution in [0, 0.1) is 13.8 Å². The summed E-state index contributed by atoms with van der Waals surface area (Å²) in [4.78, 5) is 0. The van der Waals surface area contributed by atoms with Crippen molar-refractivity contribution < 1.29 is 0 Å². The molecule has 0 saturated heterocycles. The molecule has 0 radical (unpaired) electrons. The van der Waals surface area contributed by atoms with Crippen LogP contribution >= 0.6 is 0 Å². The van der Waals surface area contributed by atoms with Gasteiger partial charge in [-0.05, 0) is 168 Å². The molecule has 0 aliphatic heterocycles. The summed E-state index contributed by atoms with van der Waals surface area (Å²) in [6.45, 7) is 20.1. The first-order chi connectivity index (χ1) is 34.6.